The van der Waals surface area contributed by atoms with Crippen LogP contribution < -0.4 is 9.64 Å². The summed E-state index contributed by atoms with van der Waals surface area (Å²) in [5, 5.41) is 0. The van der Waals surface area contributed by atoms with Crippen molar-refractivity contribution < 1.29 is 19.1 Å². The fourth-order valence-electron chi connectivity index (χ4n) is 4.32. The fourth-order valence-corrected chi connectivity index (χ4v) is 4.32. The van der Waals surface area contributed by atoms with Gasteiger partial charge in [0.15, 0.2) is 0 Å². The molecule has 0 aliphatic carbocycles. The molecule has 1 atom stereocenters. The van der Waals surface area contributed by atoms with Crippen LogP contribution in [0.2, 0.25) is 0 Å². The molecule has 31 heavy (non-hydrogen) atoms. The van der Waals surface area contributed by atoms with Crippen molar-refractivity contribution in [3.05, 3.63) is 59.7 Å². The Balaban J connectivity index is 1.48. The summed E-state index contributed by atoms with van der Waals surface area (Å²) in [6.45, 7) is 6.20. The Bertz CT molecular complexity index is 959. The molecule has 0 N–H and O–H groups in total. The molecule has 0 unspecified atom stereocenters. The summed E-state index contributed by atoms with van der Waals surface area (Å²) in [4.78, 5) is 44.5. The Kier molecular flexibility index (Phi) is 5.67. The maximum absolute atomic E-state index is 13.4. The van der Waals surface area contributed by atoms with Gasteiger partial charge in [-0.2, -0.15) is 0 Å². The van der Waals surface area contributed by atoms with Crippen LogP contribution in [0, 0.1) is 5.92 Å². The smallest absolute Gasteiger partial charge is 0.262 e. The summed E-state index contributed by atoms with van der Waals surface area (Å²) < 4.78 is 5.21. The molecule has 2 aliphatic heterocycles. The minimum atomic E-state index is -0.806. The van der Waals surface area contributed by atoms with Crippen molar-refractivity contribution in [1.29, 1.82) is 0 Å². The molecule has 0 spiro atoms. The minimum Gasteiger partial charge on any atom is -0.497 e. The second kappa shape index (κ2) is 8.41. The zero-order valence-electron chi connectivity index (χ0n) is 18.1. The van der Waals surface area contributed by atoms with E-state index >= 15 is 0 Å². The van der Waals surface area contributed by atoms with Crippen molar-refractivity contribution in [2.75, 3.05) is 38.2 Å². The fraction of sp³-hybridized carbons (Fsp3) is 0.375. The van der Waals surface area contributed by atoms with Gasteiger partial charge in [-0.15, -0.1) is 0 Å². The maximum Gasteiger partial charge on any atom is 0.262 e. The van der Waals surface area contributed by atoms with Crippen LogP contribution in [0.4, 0.5) is 5.69 Å². The summed E-state index contributed by atoms with van der Waals surface area (Å²) in [6, 6.07) is 13.8. The SMILES string of the molecule is COc1ccc(N2CCN(C(=O)[C@@H](C(C)C)N3C(=O)c4ccccc4C3=O)CC2)cc1. The number of amides is 3. The predicted octanol–water partition coefficient (Wildman–Crippen LogP) is 2.66. The summed E-state index contributed by atoms with van der Waals surface area (Å²) in [6.07, 6.45) is 0. The number of methoxy groups -OCH3 is 1. The molecule has 7 nitrogen and oxygen atoms in total. The molecular weight excluding hydrogens is 394 g/mol. The van der Waals surface area contributed by atoms with Crippen molar-refractivity contribution >= 4 is 23.4 Å². The van der Waals surface area contributed by atoms with Crippen LogP contribution in [-0.2, 0) is 4.79 Å². The zero-order chi connectivity index (χ0) is 22.1. The summed E-state index contributed by atoms with van der Waals surface area (Å²) in [5.41, 5.74) is 1.82. The highest BCUT2D eigenvalue weighted by molar-refractivity contribution is 6.22. The van der Waals surface area contributed by atoms with Crippen molar-refractivity contribution in [1.82, 2.24) is 9.80 Å². The molecule has 0 bridgehead atoms. The van der Waals surface area contributed by atoms with Crippen LogP contribution in [0.15, 0.2) is 48.5 Å². The number of ether oxygens (including phenoxy) is 1. The van der Waals surface area contributed by atoms with Gasteiger partial charge in [0.25, 0.3) is 11.8 Å². The van der Waals surface area contributed by atoms with Crippen LogP contribution in [0.25, 0.3) is 0 Å². The number of anilines is 1. The molecule has 0 saturated carbocycles. The topological polar surface area (TPSA) is 70.2 Å². The quantitative estimate of drug-likeness (QED) is 0.695. The lowest BCUT2D eigenvalue weighted by atomic mass is 10.0. The van der Waals surface area contributed by atoms with Crippen LogP contribution in [0.5, 0.6) is 5.75 Å². The Morgan fingerprint density at radius 3 is 1.90 bits per heavy atom. The van der Waals surface area contributed by atoms with Gasteiger partial charge < -0.3 is 14.5 Å². The number of piperazine rings is 1. The first-order valence-corrected chi connectivity index (χ1v) is 10.6. The first-order valence-electron chi connectivity index (χ1n) is 10.6. The number of carbonyl (C=O) groups excluding carboxylic acids is 3. The van der Waals surface area contributed by atoms with Gasteiger partial charge in [-0.05, 0) is 42.3 Å². The van der Waals surface area contributed by atoms with Gasteiger partial charge >= 0.3 is 0 Å². The third kappa shape index (κ3) is 3.76. The molecule has 1 saturated heterocycles. The van der Waals surface area contributed by atoms with Gasteiger partial charge in [-0.1, -0.05) is 26.0 Å². The van der Waals surface area contributed by atoms with Gasteiger partial charge in [0.05, 0.1) is 18.2 Å². The minimum absolute atomic E-state index is 0.168. The molecule has 2 heterocycles. The number of nitrogens with zero attached hydrogens (tertiary/aromatic N) is 3. The van der Waals surface area contributed by atoms with Crippen molar-refractivity contribution in [3.63, 3.8) is 0 Å². The van der Waals surface area contributed by atoms with Crippen LogP contribution in [0.1, 0.15) is 34.6 Å². The lowest BCUT2D eigenvalue weighted by molar-refractivity contribution is -0.137. The second-order valence-electron chi connectivity index (χ2n) is 8.23. The third-order valence-corrected chi connectivity index (χ3v) is 6.02. The summed E-state index contributed by atoms with van der Waals surface area (Å²) in [7, 11) is 1.64. The molecule has 7 heteroatoms. The Morgan fingerprint density at radius 1 is 0.871 bits per heavy atom. The number of carbonyl (C=O) groups is 3. The van der Waals surface area contributed by atoms with E-state index < -0.39 is 6.04 Å². The van der Waals surface area contributed by atoms with Gasteiger partial charge in [0.2, 0.25) is 5.91 Å². The molecule has 0 aromatic heterocycles. The third-order valence-electron chi connectivity index (χ3n) is 6.02. The van der Waals surface area contributed by atoms with Crippen LogP contribution >= 0.6 is 0 Å². The number of rotatable bonds is 5. The Morgan fingerprint density at radius 2 is 1.42 bits per heavy atom. The summed E-state index contributed by atoms with van der Waals surface area (Å²) >= 11 is 0. The van der Waals surface area contributed by atoms with E-state index in [0.717, 1.165) is 16.3 Å². The predicted molar refractivity (Wildman–Crippen MR) is 117 cm³/mol. The van der Waals surface area contributed by atoms with Crippen LogP contribution in [-0.4, -0.2) is 66.9 Å². The summed E-state index contributed by atoms with van der Waals surface area (Å²) in [5.74, 6) is -0.319. The lowest BCUT2D eigenvalue weighted by Crippen LogP contribution is -2.57. The zero-order valence-corrected chi connectivity index (χ0v) is 18.1. The number of hydrogen-bond acceptors (Lipinski definition) is 5. The van der Waals surface area contributed by atoms with E-state index in [9.17, 15) is 14.4 Å². The van der Waals surface area contributed by atoms with Crippen LogP contribution in [0.3, 0.4) is 0 Å². The van der Waals surface area contributed by atoms with E-state index in [1.54, 1.807) is 36.3 Å². The van der Waals surface area contributed by atoms with Crippen molar-refractivity contribution in [3.8, 4) is 5.75 Å². The van der Waals surface area contributed by atoms with E-state index in [0.29, 0.717) is 37.3 Å². The van der Waals surface area contributed by atoms with E-state index in [-0.39, 0.29) is 23.6 Å². The first kappa shape index (κ1) is 20.9. The average molecular weight is 421 g/mol. The average Bonchev–Trinajstić information content (AvgIpc) is 3.04. The lowest BCUT2D eigenvalue weighted by Gasteiger charge is -2.39. The van der Waals surface area contributed by atoms with Crippen molar-refractivity contribution in [2.24, 2.45) is 5.92 Å². The number of hydrogen-bond donors (Lipinski definition) is 0. The van der Waals surface area contributed by atoms with Crippen molar-refractivity contribution in [2.45, 2.75) is 19.9 Å². The molecule has 2 aliphatic rings. The highest BCUT2D eigenvalue weighted by atomic mass is 16.5. The highest BCUT2D eigenvalue weighted by Crippen LogP contribution is 2.28. The normalized spacial score (nSPS) is 17.2. The van der Waals surface area contributed by atoms with E-state index in [1.807, 2.05) is 38.1 Å². The first-order chi connectivity index (χ1) is 14.9. The molecular formula is C24H27N3O4. The molecule has 1 fully saturated rings. The monoisotopic (exact) mass is 421 g/mol. The largest absolute Gasteiger partial charge is 0.497 e. The van der Waals surface area contributed by atoms with E-state index in [2.05, 4.69) is 4.90 Å². The van der Waals surface area contributed by atoms with E-state index in [1.165, 1.54) is 0 Å². The molecule has 2 aromatic carbocycles. The highest BCUT2D eigenvalue weighted by Gasteiger charge is 2.45. The number of benzene rings is 2. The Hall–Kier alpha value is -3.35. The Labute approximate surface area is 182 Å². The number of fused-ring (bicyclic) bond motifs is 1. The second-order valence-corrected chi connectivity index (χ2v) is 8.23. The molecule has 0 radical (unpaired) electrons. The van der Waals surface area contributed by atoms with Gasteiger partial charge in [-0.3, -0.25) is 19.3 Å². The maximum atomic E-state index is 13.4. The van der Waals surface area contributed by atoms with Gasteiger partial charge in [-0.25, -0.2) is 0 Å². The van der Waals surface area contributed by atoms with Gasteiger partial charge in [0, 0.05) is 31.9 Å². The standard InChI is InChI=1S/C24H27N3O4/c1-16(2)21(27-22(28)19-6-4-5-7-20(19)23(27)29)24(30)26-14-12-25(13-15-26)17-8-10-18(31-3)11-9-17/h4-11,16,21H,12-15H2,1-3H3/t21-/m1/s1. The molecule has 4 rings (SSSR count). The number of imide groups is 1. The van der Waals surface area contributed by atoms with E-state index in [4.69, 9.17) is 4.74 Å². The molecule has 3 amide bonds. The van der Waals surface area contributed by atoms with Gasteiger partial charge in [0.1, 0.15) is 11.8 Å². The molecule has 2 aromatic rings. The molecule has 162 valence electrons.